The Morgan fingerprint density at radius 1 is 1.00 bits per heavy atom. The minimum atomic E-state index is 0.737. The fourth-order valence-corrected chi connectivity index (χ4v) is 3.12. The molecule has 2 aliphatic carbocycles. The molecule has 0 amide bonds. The molecule has 1 N–H and O–H groups in total. The van der Waals surface area contributed by atoms with Crippen molar-refractivity contribution in [1.29, 1.82) is 0 Å². The maximum atomic E-state index is 3.93. The molecule has 2 aliphatic rings. The highest BCUT2D eigenvalue weighted by Crippen LogP contribution is 2.35. The van der Waals surface area contributed by atoms with Gasteiger partial charge in [0.1, 0.15) is 0 Å². The fraction of sp³-hybridized carbons (Fsp3) is 0.625. The van der Waals surface area contributed by atoms with Crippen molar-refractivity contribution in [3.05, 3.63) is 35.9 Å². The minimum absolute atomic E-state index is 0.737. The molecule has 0 aliphatic heterocycles. The van der Waals surface area contributed by atoms with Crippen LogP contribution >= 0.6 is 0 Å². The molecule has 1 aromatic carbocycles. The van der Waals surface area contributed by atoms with Gasteiger partial charge in [-0.2, -0.15) is 0 Å². The Labute approximate surface area is 105 Å². The van der Waals surface area contributed by atoms with Gasteiger partial charge < -0.3 is 5.32 Å². The molecule has 1 unspecified atom stereocenters. The van der Waals surface area contributed by atoms with Crippen LogP contribution in [0.15, 0.2) is 30.3 Å². The summed E-state index contributed by atoms with van der Waals surface area (Å²) in [7, 11) is 0. The van der Waals surface area contributed by atoms with E-state index in [1.807, 2.05) is 0 Å². The van der Waals surface area contributed by atoms with E-state index in [4.69, 9.17) is 0 Å². The van der Waals surface area contributed by atoms with Crippen LogP contribution in [0, 0.1) is 5.92 Å². The van der Waals surface area contributed by atoms with E-state index in [1.54, 1.807) is 0 Å². The van der Waals surface area contributed by atoms with Gasteiger partial charge in [0, 0.05) is 12.1 Å². The summed E-state index contributed by atoms with van der Waals surface area (Å²) >= 11 is 0. The average Bonchev–Trinajstić information content (AvgIpc) is 3.09. The lowest BCUT2D eigenvalue weighted by atomic mass is 10.0. The lowest BCUT2D eigenvalue weighted by molar-refractivity contribution is 0.393. The molecular formula is C16H23N. The number of benzene rings is 1. The van der Waals surface area contributed by atoms with E-state index in [9.17, 15) is 0 Å². The van der Waals surface area contributed by atoms with Crippen molar-refractivity contribution in [2.24, 2.45) is 5.92 Å². The van der Waals surface area contributed by atoms with Gasteiger partial charge >= 0.3 is 0 Å². The van der Waals surface area contributed by atoms with Crippen LogP contribution in [0.2, 0.25) is 0 Å². The molecule has 0 aromatic heterocycles. The molecular weight excluding hydrogens is 206 g/mol. The van der Waals surface area contributed by atoms with Crippen molar-refractivity contribution in [3.63, 3.8) is 0 Å². The Hall–Kier alpha value is -0.820. The molecule has 0 heterocycles. The van der Waals surface area contributed by atoms with Crippen molar-refractivity contribution < 1.29 is 0 Å². The van der Waals surface area contributed by atoms with E-state index in [0.29, 0.717) is 0 Å². The highest BCUT2D eigenvalue weighted by Gasteiger charge is 2.32. The van der Waals surface area contributed by atoms with E-state index in [-0.39, 0.29) is 0 Å². The first kappa shape index (κ1) is 11.3. The molecule has 0 spiro atoms. The molecule has 1 aromatic rings. The maximum Gasteiger partial charge on any atom is 0.0138 e. The molecule has 1 heteroatoms. The Kier molecular flexibility index (Phi) is 3.46. The summed E-state index contributed by atoms with van der Waals surface area (Å²) in [5, 5.41) is 3.93. The SMILES string of the molecule is c1ccc(CC(NC2CCCC2)C2CC2)cc1. The van der Waals surface area contributed by atoms with E-state index in [2.05, 4.69) is 35.6 Å². The normalized spacial score (nSPS) is 22.8. The van der Waals surface area contributed by atoms with Crippen LogP contribution in [-0.2, 0) is 6.42 Å². The van der Waals surface area contributed by atoms with E-state index >= 15 is 0 Å². The molecule has 92 valence electrons. The van der Waals surface area contributed by atoms with Crippen LogP contribution in [0.25, 0.3) is 0 Å². The Balaban J connectivity index is 1.60. The van der Waals surface area contributed by atoms with Crippen LogP contribution in [0.5, 0.6) is 0 Å². The molecule has 2 saturated carbocycles. The van der Waals surface area contributed by atoms with Gasteiger partial charge in [-0.05, 0) is 43.6 Å². The largest absolute Gasteiger partial charge is 0.311 e. The summed E-state index contributed by atoms with van der Waals surface area (Å²) in [5.74, 6) is 0.954. The third-order valence-electron chi connectivity index (χ3n) is 4.29. The van der Waals surface area contributed by atoms with Crippen molar-refractivity contribution in [1.82, 2.24) is 5.32 Å². The smallest absolute Gasteiger partial charge is 0.0138 e. The summed E-state index contributed by atoms with van der Waals surface area (Å²) in [5.41, 5.74) is 1.50. The van der Waals surface area contributed by atoms with Gasteiger partial charge in [0.2, 0.25) is 0 Å². The highest BCUT2D eigenvalue weighted by atomic mass is 15.0. The molecule has 0 saturated heterocycles. The first-order valence-corrected chi connectivity index (χ1v) is 7.22. The monoisotopic (exact) mass is 229 g/mol. The Bertz CT molecular complexity index is 336. The lowest BCUT2D eigenvalue weighted by Crippen LogP contribution is -2.39. The molecule has 0 bridgehead atoms. The van der Waals surface area contributed by atoms with Gasteiger partial charge in [-0.25, -0.2) is 0 Å². The van der Waals surface area contributed by atoms with Gasteiger partial charge in [-0.1, -0.05) is 43.2 Å². The number of hydrogen-bond acceptors (Lipinski definition) is 1. The van der Waals surface area contributed by atoms with Crippen molar-refractivity contribution >= 4 is 0 Å². The van der Waals surface area contributed by atoms with Crippen LogP contribution < -0.4 is 5.32 Å². The Morgan fingerprint density at radius 2 is 1.71 bits per heavy atom. The zero-order valence-electron chi connectivity index (χ0n) is 10.6. The minimum Gasteiger partial charge on any atom is -0.311 e. The van der Waals surface area contributed by atoms with Crippen LogP contribution in [0.1, 0.15) is 44.1 Å². The third kappa shape index (κ3) is 3.10. The number of nitrogens with one attached hydrogen (secondary N) is 1. The average molecular weight is 229 g/mol. The molecule has 1 nitrogen and oxygen atoms in total. The lowest BCUT2D eigenvalue weighted by Gasteiger charge is -2.23. The van der Waals surface area contributed by atoms with E-state index < -0.39 is 0 Å². The quantitative estimate of drug-likeness (QED) is 0.814. The second kappa shape index (κ2) is 5.22. The molecule has 0 radical (unpaired) electrons. The third-order valence-corrected chi connectivity index (χ3v) is 4.29. The second-order valence-electron chi connectivity index (χ2n) is 5.78. The van der Waals surface area contributed by atoms with Crippen LogP contribution in [0.3, 0.4) is 0 Å². The standard InChI is InChI=1S/C16H23N/c1-2-6-13(7-3-1)12-16(14-10-11-14)17-15-8-4-5-9-15/h1-3,6-7,14-17H,4-5,8-12H2. The number of hydrogen-bond donors (Lipinski definition) is 1. The van der Waals surface area contributed by atoms with Crippen LogP contribution in [-0.4, -0.2) is 12.1 Å². The second-order valence-corrected chi connectivity index (χ2v) is 5.78. The summed E-state index contributed by atoms with van der Waals surface area (Å²) in [6, 6.07) is 12.5. The molecule has 17 heavy (non-hydrogen) atoms. The first-order chi connectivity index (χ1) is 8.42. The zero-order chi connectivity index (χ0) is 11.5. The fourth-order valence-electron chi connectivity index (χ4n) is 3.12. The van der Waals surface area contributed by atoms with Crippen molar-refractivity contribution in [3.8, 4) is 0 Å². The van der Waals surface area contributed by atoms with Crippen molar-refractivity contribution in [2.45, 2.75) is 57.0 Å². The van der Waals surface area contributed by atoms with E-state index in [1.165, 1.54) is 50.5 Å². The predicted octanol–water partition coefficient (Wildman–Crippen LogP) is 3.54. The van der Waals surface area contributed by atoms with Crippen LogP contribution in [0.4, 0.5) is 0 Å². The summed E-state index contributed by atoms with van der Waals surface area (Å²) in [6.45, 7) is 0. The topological polar surface area (TPSA) is 12.0 Å². The zero-order valence-corrected chi connectivity index (χ0v) is 10.6. The van der Waals surface area contributed by atoms with Gasteiger partial charge in [0.15, 0.2) is 0 Å². The summed E-state index contributed by atoms with van der Waals surface area (Å²) < 4.78 is 0. The van der Waals surface area contributed by atoms with E-state index in [0.717, 1.165) is 18.0 Å². The van der Waals surface area contributed by atoms with Crippen molar-refractivity contribution in [2.75, 3.05) is 0 Å². The predicted molar refractivity (Wildman–Crippen MR) is 72.0 cm³/mol. The molecule has 2 fully saturated rings. The van der Waals surface area contributed by atoms with Gasteiger partial charge in [-0.3, -0.25) is 0 Å². The maximum absolute atomic E-state index is 3.93. The van der Waals surface area contributed by atoms with Gasteiger partial charge in [0.25, 0.3) is 0 Å². The Morgan fingerprint density at radius 3 is 2.35 bits per heavy atom. The van der Waals surface area contributed by atoms with Gasteiger partial charge in [-0.15, -0.1) is 0 Å². The molecule has 3 rings (SSSR count). The first-order valence-electron chi connectivity index (χ1n) is 7.22. The molecule has 1 atom stereocenters. The number of rotatable bonds is 5. The summed E-state index contributed by atoms with van der Waals surface area (Å²) in [4.78, 5) is 0. The van der Waals surface area contributed by atoms with Gasteiger partial charge in [0.05, 0.1) is 0 Å². The highest BCUT2D eigenvalue weighted by molar-refractivity contribution is 5.16. The summed E-state index contributed by atoms with van der Waals surface area (Å²) in [6.07, 6.45) is 9.77.